The average Bonchev–Trinajstić information content (AvgIpc) is 2.34. The third-order valence-corrected chi connectivity index (χ3v) is 2.30. The number of hydrogen-bond donors (Lipinski definition) is 1. The van der Waals surface area contributed by atoms with Crippen molar-refractivity contribution in [1.29, 1.82) is 0 Å². The fourth-order valence-corrected chi connectivity index (χ4v) is 1.33. The highest BCUT2D eigenvalue weighted by Gasteiger charge is 1.98. The van der Waals surface area contributed by atoms with Crippen LogP contribution in [0.25, 0.3) is 0 Å². The molecule has 1 N–H and O–H groups in total. The summed E-state index contributed by atoms with van der Waals surface area (Å²) < 4.78 is 10.2. The number of Topliss-reactive ketones (excluding diaryl/α,β-unsaturated/α-hetero) is 1. The highest BCUT2D eigenvalue weighted by Crippen LogP contribution is 2.09. The third kappa shape index (κ3) is 5.47. The maximum atomic E-state index is 11.1. The number of carbonyl (C=O) groups is 1. The van der Waals surface area contributed by atoms with Crippen molar-refractivity contribution in [3.8, 4) is 0 Å². The van der Waals surface area contributed by atoms with E-state index in [0.29, 0.717) is 19.8 Å². The van der Waals surface area contributed by atoms with Crippen molar-refractivity contribution in [3.05, 3.63) is 29.8 Å². The summed E-state index contributed by atoms with van der Waals surface area (Å²) in [5, 5.41) is 3.21. The molecule has 0 fully saturated rings. The smallest absolute Gasteiger partial charge is 0.159 e. The van der Waals surface area contributed by atoms with Gasteiger partial charge in [0, 0.05) is 24.9 Å². The second-order valence-corrected chi connectivity index (χ2v) is 3.67. The van der Waals surface area contributed by atoms with Crippen molar-refractivity contribution >= 4 is 11.5 Å². The normalized spacial score (nSPS) is 10.2. The largest absolute Gasteiger partial charge is 0.383 e. The van der Waals surface area contributed by atoms with E-state index < -0.39 is 0 Å². The number of hydrogen-bond acceptors (Lipinski definition) is 4. The molecule has 4 nitrogen and oxygen atoms in total. The number of rotatable bonds is 8. The standard InChI is InChI=1S/C13H19NO3/c1-11(15)12-3-5-13(6-4-12)14-7-8-17-10-9-16-2/h3-6,14H,7-10H2,1-2H3. The van der Waals surface area contributed by atoms with Crippen LogP contribution in [0.1, 0.15) is 17.3 Å². The van der Waals surface area contributed by atoms with E-state index in [1.807, 2.05) is 24.3 Å². The van der Waals surface area contributed by atoms with Crippen LogP contribution < -0.4 is 5.32 Å². The second-order valence-electron chi connectivity index (χ2n) is 3.67. The van der Waals surface area contributed by atoms with Gasteiger partial charge in [0.05, 0.1) is 19.8 Å². The summed E-state index contributed by atoms with van der Waals surface area (Å²) >= 11 is 0. The van der Waals surface area contributed by atoms with Crippen molar-refractivity contribution in [2.75, 3.05) is 38.8 Å². The van der Waals surface area contributed by atoms with Gasteiger partial charge in [0.15, 0.2) is 5.78 Å². The molecule has 0 atom stereocenters. The van der Waals surface area contributed by atoms with Gasteiger partial charge >= 0.3 is 0 Å². The molecule has 0 amide bonds. The number of anilines is 1. The van der Waals surface area contributed by atoms with Gasteiger partial charge in [-0.2, -0.15) is 0 Å². The Morgan fingerprint density at radius 1 is 1.18 bits per heavy atom. The molecule has 0 aromatic heterocycles. The Morgan fingerprint density at radius 3 is 2.47 bits per heavy atom. The molecule has 0 heterocycles. The lowest BCUT2D eigenvalue weighted by Gasteiger charge is -2.07. The van der Waals surface area contributed by atoms with E-state index in [-0.39, 0.29) is 5.78 Å². The molecule has 1 rings (SSSR count). The summed E-state index contributed by atoms with van der Waals surface area (Å²) in [6.45, 7) is 4.17. The van der Waals surface area contributed by atoms with Gasteiger partial charge in [0.1, 0.15) is 0 Å². The topological polar surface area (TPSA) is 47.6 Å². The summed E-state index contributed by atoms with van der Waals surface area (Å²) in [6, 6.07) is 7.42. The predicted octanol–water partition coefficient (Wildman–Crippen LogP) is 1.96. The van der Waals surface area contributed by atoms with Crippen LogP contribution in [0.4, 0.5) is 5.69 Å². The molecule has 0 saturated carbocycles. The van der Waals surface area contributed by atoms with Gasteiger partial charge in [0.25, 0.3) is 0 Å². The Kier molecular flexibility index (Phi) is 6.29. The molecule has 0 spiro atoms. The first kappa shape index (κ1) is 13.7. The van der Waals surface area contributed by atoms with E-state index in [2.05, 4.69) is 5.32 Å². The Balaban J connectivity index is 2.21. The molecule has 0 aliphatic carbocycles. The van der Waals surface area contributed by atoms with Crippen molar-refractivity contribution in [1.82, 2.24) is 0 Å². The maximum Gasteiger partial charge on any atom is 0.159 e. The molecular weight excluding hydrogens is 218 g/mol. The molecule has 0 aliphatic rings. The molecule has 0 unspecified atom stereocenters. The Bertz CT molecular complexity index is 335. The van der Waals surface area contributed by atoms with E-state index in [9.17, 15) is 4.79 Å². The van der Waals surface area contributed by atoms with Crippen molar-refractivity contribution < 1.29 is 14.3 Å². The van der Waals surface area contributed by atoms with E-state index in [0.717, 1.165) is 17.8 Å². The zero-order valence-corrected chi connectivity index (χ0v) is 10.4. The van der Waals surface area contributed by atoms with E-state index >= 15 is 0 Å². The van der Waals surface area contributed by atoms with Gasteiger partial charge in [-0.1, -0.05) is 0 Å². The highest BCUT2D eigenvalue weighted by atomic mass is 16.5. The van der Waals surface area contributed by atoms with E-state index in [1.54, 1.807) is 14.0 Å². The van der Waals surface area contributed by atoms with Gasteiger partial charge in [-0.25, -0.2) is 0 Å². The Morgan fingerprint density at radius 2 is 1.88 bits per heavy atom. The molecule has 0 bridgehead atoms. The minimum Gasteiger partial charge on any atom is -0.383 e. The first-order valence-corrected chi connectivity index (χ1v) is 5.65. The monoisotopic (exact) mass is 237 g/mol. The minimum absolute atomic E-state index is 0.0828. The maximum absolute atomic E-state index is 11.1. The zero-order valence-electron chi connectivity index (χ0n) is 10.4. The summed E-state index contributed by atoms with van der Waals surface area (Å²) in [6.07, 6.45) is 0. The van der Waals surface area contributed by atoms with Crippen LogP contribution in [-0.4, -0.2) is 39.3 Å². The first-order valence-electron chi connectivity index (χ1n) is 5.65. The van der Waals surface area contributed by atoms with Crippen molar-refractivity contribution in [2.24, 2.45) is 0 Å². The molecule has 1 aromatic rings. The SMILES string of the molecule is COCCOCCNc1ccc(C(C)=O)cc1. The van der Waals surface area contributed by atoms with Crippen LogP contribution in [0.15, 0.2) is 24.3 Å². The number of carbonyl (C=O) groups excluding carboxylic acids is 1. The molecule has 17 heavy (non-hydrogen) atoms. The van der Waals surface area contributed by atoms with Crippen LogP contribution in [0.5, 0.6) is 0 Å². The number of nitrogens with one attached hydrogen (secondary N) is 1. The van der Waals surface area contributed by atoms with Crippen LogP contribution in [0, 0.1) is 0 Å². The molecule has 1 aromatic carbocycles. The highest BCUT2D eigenvalue weighted by molar-refractivity contribution is 5.94. The van der Waals surface area contributed by atoms with Gasteiger partial charge in [-0.3, -0.25) is 4.79 Å². The summed E-state index contributed by atoms with van der Waals surface area (Å²) in [7, 11) is 1.65. The number of ketones is 1. The number of benzene rings is 1. The van der Waals surface area contributed by atoms with Crippen LogP contribution in [-0.2, 0) is 9.47 Å². The third-order valence-electron chi connectivity index (χ3n) is 2.30. The summed E-state index contributed by atoms with van der Waals surface area (Å²) in [5.74, 6) is 0.0828. The van der Waals surface area contributed by atoms with Gasteiger partial charge in [-0.05, 0) is 31.2 Å². The average molecular weight is 237 g/mol. The van der Waals surface area contributed by atoms with Crippen LogP contribution in [0.2, 0.25) is 0 Å². The fourth-order valence-electron chi connectivity index (χ4n) is 1.33. The predicted molar refractivity (Wildman–Crippen MR) is 67.6 cm³/mol. The van der Waals surface area contributed by atoms with Gasteiger partial charge in [-0.15, -0.1) is 0 Å². The number of ether oxygens (including phenoxy) is 2. The first-order chi connectivity index (χ1) is 8.24. The molecule has 94 valence electrons. The Hall–Kier alpha value is -1.39. The van der Waals surface area contributed by atoms with Crippen molar-refractivity contribution in [2.45, 2.75) is 6.92 Å². The van der Waals surface area contributed by atoms with Crippen LogP contribution >= 0.6 is 0 Å². The lowest BCUT2D eigenvalue weighted by molar-refractivity contribution is 0.0759. The molecule has 0 radical (unpaired) electrons. The van der Waals surface area contributed by atoms with Crippen molar-refractivity contribution in [3.63, 3.8) is 0 Å². The van der Waals surface area contributed by atoms with Crippen LogP contribution in [0.3, 0.4) is 0 Å². The summed E-state index contributed by atoms with van der Waals surface area (Å²) in [5.41, 5.74) is 1.72. The van der Waals surface area contributed by atoms with E-state index in [1.165, 1.54) is 0 Å². The second kappa shape index (κ2) is 7.81. The lowest BCUT2D eigenvalue weighted by Crippen LogP contribution is -2.11. The molecule has 0 saturated heterocycles. The Labute approximate surface area is 102 Å². The molecule has 0 aliphatic heterocycles. The summed E-state index contributed by atoms with van der Waals surface area (Å²) in [4.78, 5) is 11.1. The lowest BCUT2D eigenvalue weighted by atomic mass is 10.1. The fraction of sp³-hybridized carbons (Fsp3) is 0.462. The van der Waals surface area contributed by atoms with Gasteiger partial charge in [0.2, 0.25) is 0 Å². The molecule has 4 heteroatoms. The number of methoxy groups -OCH3 is 1. The zero-order chi connectivity index (χ0) is 12.5. The quantitative estimate of drug-likeness (QED) is 0.554. The minimum atomic E-state index is 0.0828. The molecular formula is C13H19NO3. The van der Waals surface area contributed by atoms with E-state index in [4.69, 9.17) is 9.47 Å². The van der Waals surface area contributed by atoms with Gasteiger partial charge < -0.3 is 14.8 Å².